The van der Waals surface area contributed by atoms with E-state index in [2.05, 4.69) is 5.32 Å². The van der Waals surface area contributed by atoms with Crippen LogP contribution >= 0.6 is 0 Å². The number of hydrogen-bond acceptors (Lipinski definition) is 2. The molecule has 0 aromatic carbocycles. The first-order valence-electron chi connectivity index (χ1n) is 3.12. The Labute approximate surface area is 54.9 Å². The lowest BCUT2D eigenvalue weighted by Gasteiger charge is -2.13. The van der Waals surface area contributed by atoms with Crippen LogP contribution < -0.4 is 5.32 Å². The Morgan fingerprint density at radius 1 is 1.33 bits per heavy atom. The van der Waals surface area contributed by atoms with Crippen molar-refractivity contribution in [1.29, 1.82) is 0 Å². The summed E-state index contributed by atoms with van der Waals surface area (Å²) in [5, 5.41) is 3.01. The zero-order valence-corrected chi connectivity index (χ0v) is 5.82. The van der Waals surface area contributed by atoms with Gasteiger partial charge in [-0.2, -0.15) is 0 Å². The van der Waals surface area contributed by atoms with Crippen LogP contribution in [0.2, 0.25) is 0 Å². The topological polar surface area (TPSA) is 29.1 Å². The Balaban J connectivity index is 2.84. The summed E-state index contributed by atoms with van der Waals surface area (Å²) in [4.78, 5) is 10.9. The molecule has 1 rings (SSSR count). The van der Waals surface area contributed by atoms with Crippen molar-refractivity contribution in [2.45, 2.75) is 13.8 Å². The van der Waals surface area contributed by atoms with Gasteiger partial charge in [0.15, 0.2) is 5.78 Å². The first kappa shape index (κ1) is 6.49. The maximum absolute atomic E-state index is 10.9. The molecule has 50 valence electrons. The molecule has 0 radical (unpaired) electrons. The van der Waals surface area contributed by atoms with Crippen molar-refractivity contribution in [3.8, 4) is 0 Å². The van der Waals surface area contributed by atoms with Crippen LogP contribution in [0, 0.1) is 0 Å². The highest BCUT2D eigenvalue weighted by atomic mass is 16.1. The minimum absolute atomic E-state index is 0.235. The standard InChI is InChI=1S/C7H11NO/c1-5-3-8-4-7(9)6(5)2/h8H,3-4H2,1-2H3. The van der Waals surface area contributed by atoms with E-state index in [1.54, 1.807) is 0 Å². The van der Waals surface area contributed by atoms with E-state index >= 15 is 0 Å². The first-order chi connectivity index (χ1) is 4.22. The fourth-order valence-corrected chi connectivity index (χ4v) is 0.867. The molecule has 0 saturated carbocycles. The Morgan fingerprint density at radius 2 is 2.00 bits per heavy atom. The van der Waals surface area contributed by atoms with Crippen LogP contribution in [0.5, 0.6) is 0 Å². The van der Waals surface area contributed by atoms with E-state index in [1.165, 1.54) is 5.57 Å². The van der Waals surface area contributed by atoms with E-state index in [9.17, 15) is 4.79 Å². The molecule has 0 unspecified atom stereocenters. The molecular weight excluding hydrogens is 114 g/mol. The number of hydrogen-bond donors (Lipinski definition) is 1. The normalized spacial score (nSPS) is 20.9. The lowest BCUT2D eigenvalue weighted by molar-refractivity contribution is -0.115. The lowest BCUT2D eigenvalue weighted by Crippen LogP contribution is -2.31. The Hall–Kier alpha value is -0.630. The molecule has 0 amide bonds. The zero-order chi connectivity index (χ0) is 6.85. The van der Waals surface area contributed by atoms with Gasteiger partial charge in [-0.15, -0.1) is 0 Å². The second-order valence-corrected chi connectivity index (χ2v) is 2.43. The molecule has 9 heavy (non-hydrogen) atoms. The van der Waals surface area contributed by atoms with Crippen molar-refractivity contribution in [2.24, 2.45) is 0 Å². The van der Waals surface area contributed by atoms with Gasteiger partial charge in [0.1, 0.15) is 0 Å². The number of nitrogens with one attached hydrogen (secondary N) is 1. The van der Waals surface area contributed by atoms with Crippen molar-refractivity contribution in [3.63, 3.8) is 0 Å². The van der Waals surface area contributed by atoms with Gasteiger partial charge in [0.05, 0.1) is 6.54 Å². The third-order valence-electron chi connectivity index (χ3n) is 1.73. The van der Waals surface area contributed by atoms with E-state index in [0.29, 0.717) is 6.54 Å². The van der Waals surface area contributed by atoms with Crippen molar-refractivity contribution in [2.75, 3.05) is 13.1 Å². The molecule has 1 aliphatic heterocycles. The van der Waals surface area contributed by atoms with E-state index in [4.69, 9.17) is 0 Å². The molecule has 1 heterocycles. The molecule has 0 saturated heterocycles. The molecule has 1 N–H and O–H groups in total. The summed E-state index contributed by atoms with van der Waals surface area (Å²) in [5.41, 5.74) is 2.11. The van der Waals surface area contributed by atoms with Crippen LogP contribution in [0.25, 0.3) is 0 Å². The fourth-order valence-electron chi connectivity index (χ4n) is 0.867. The van der Waals surface area contributed by atoms with Crippen LogP contribution in [-0.2, 0) is 4.79 Å². The van der Waals surface area contributed by atoms with Gasteiger partial charge in [0, 0.05) is 6.54 Å². The van der Waals surface area contributed by atoms with Crippen LogP contribution in [0.15, 0.2) is 11.1 Å². The summed E-state index contributed by atoms with van der Waals surface area (Å²) in [6.45, 7) is 5.26. The zero-order valence-electron chi connectivity index (χ0n) is 5.82. The molecule has 0 aromatic rings. The predicted octanol–water partition coefficient (Wildman–Crippen LogP) is 0.495. The molecule has 0 bridgehead atoms. The van der Waals surface area contributed by atoms with Gasteiger partial charge in [-0.25, -0.2) is 0 Å². The Morgan fingerprint density at radius 3 is 2.44 bits per heavy atom. The van der Waals surface area contributed by atoms with E-state index in [1.807, 2.05) is 13.8 Å². The van der Waals surface area contributed by atoms with E-state index < -0.39 is 0 Å². The van der Waals surface area contributed by atoms with Crippen molar-refractivity contribution < 1.29 is 4.79 Å². The molecule has 1 aliphatic rings. The summed E-state index contributed by atoms with van der Waals surface area (Å²) < 4.78 is 0. The average molecular weight is 125 g/mol. The third-order valence-corrected chi connectivity index (χ3v) is 1.73. The smallest absolute Gasteiger partial charge is 0.172 e. The summed E-state index contributed by atoms with van der Waals surface area (Å²) in [6, 6.07) is 0. The second kappa shape index (κ2) is 2.31. The molecule has 2 heteroatoms. The maximum atomic E-state index is 10.9. The third kappa shape index (κ3) is 1.19. The van der Waals surface area contributed by atoms with Crippen LogP contribution in [0.1, 0.15) is 13.8 Å². The lowest BCUT2D eigenvalue weighted by atomic mass is 10.0. The molecule has 0 atom stereocenters. The molecule has 0 aromatic heterocycles. The number of carbonyl (C=O) groups excluding carboxylic acids is 1. The number of Topliss-reactive ketones (excluding diaryl/α,β-unsaturated/α-hetero) is 1. The highest BCUT2D eigenvalue weighted by molar-refractivity contribution is 5.97. The number of carbonyl (C=O) groups is 1. The largest absolute Gasteiger partial charge is 0.306 e. The predicted molar refractivity (Wildman–Crippen MR) is 36.3 cm³/mol. The monoisotopic (exact) mass is 125 g/mol. The number of ketones is 1. The van der Waals surface area contributed by atoms with E-state index in [-0.39, 0.29) is 5.78 Å². The minimum Gasteiger partial charge on any atom is -0.306 e. The first-order valence-corrected chi connectivity index (χ1v) is 3.12. The highest BCUT2D eigenvalue weighted by Crippen LogP contribution is 2.06. The van der Waals surface area contributed by atoms with Gasteiger partial charge in [-0.1, -0.05) is 5.57 Å². The SMILES string of the molecule is CC1=C(C)C(=O)CNC1. The summed E-state index contributed by atoms with van der Waals surface area (Å²) in [5.74, 6) is 0.235. The Bertz CT molecular complexity index is 170. The molecule has 0 aliphatic carbocycles. The molecular formula is C7H11NO. The van der Waals surface area contributed by atoms with Crippen LogP contribution in [-0.4, -0.2) is 18.9 Å². The highest BCUT2D eigenvalue weighted by Gasteiger charge is 2.11. The van der Waals surface area contributed by atoms with Crippen molar-refractivity contribution in [3.05, 3.63) is 11.1 Å². The Kier molecular flexibility index (Phi) is 1.67. The van der Waals surface area contributed by atoms with Gasteiger partial charge < -0.3 is 5.32 Å². The van der Waals surface area contributed by atoms with Crippen LogP contribution in [0.4, 0.5) is 0 Å². The quantitative estimate of drug-likeness (QED) is 0.510. The van der Waals surface area contributed by atoms with Gasteiger partial charge in [0.25, 0.3) is 0 Å². The second-order valence-electron chi connectivity index (χ2n) is 2.43. The van der Waals surface area contributed by atoms with Gasteiger partial charge in [0.2, 0.25) is 0 Å². The van der Waals surface area contributed by atoms with Crippen molar-refractivity contribution >= 4 is 5.78 Å². The maximum Gasteiger partial charge on any atom is 0.172 e. The molecule has 2 nitrogen and oxygen atoms in total. The van der Waals surface area contributed by atoms with Gasteiger partial charge in [-0.3, -0.25) is 4.79 Å². The molecule has 0 fully saturated rings. The van der Waals surface area contributed by atoms with Crippen molar-refractivity contribution in [1.82, 2.24) is 5.32 Å². The fraction of sp³-hybridized carbons (Fsp3) is 0.571. The number of rotatable bonds is 0. The minimum atomic E-state index is 0.235. The van der Waals surface area contributed by atoms with Gasteiger partial charge >= 0.3 is 0 Å². The average Bonchev–Trinajstić information content (AvgIpc) is 1.83. The molecule has 0 spiro atoms. The van der Waals surface area contributed by atoms with E-state index in [0.717, 1.165) is 12.1 Å². The van der Waals surface area contributed by atoms with Crippen LogP contribution in [0.3, 0.4) is 0 Å². The summed E-state index contributed by atoms with van der Waals surface area (Å²) in [7, 11) is 0. The summed E-state index contributed by atoms with van der Waals surface area (Å²) in [6.07, 6.45) is 0. The van der Waals surface area contributed by atoms with Gasteiger partial charge in [-0.05, 0) is 19.4 Å². The summed E-state index contributed by atoms with van der Waals surface area (Å²) >= 11 is 0.